The molecule has 1 saturated heterocycles. The van der Waals surface area contributed by atoms with Crippen molar-refractivity contribution in [2.75, 3.05) is 31.1 Å². The van der Waals surface area contributed by atoms with E-state index < -0.39 is 10.0 Å². The predicted molar refractivity (Wildman–Crippen MR) is 95.4 cm³/mol. The van der Waals surface area contributed by atoms with Crippen molar-refractivity contribution in [3.8, 4) is 0 Å². The van der Waals surface area contributed by atoms with Crippen molar-refractivity contribution in [2.45, 2.75) is 4.90 Å². The van der Waals surface area contributed by atoms with Gasteiger partial charge in [-0.05, 0) is 24.3 Å². The molecule has 0 aliphatic carbocycles. The van der Waals surface area contributed by atoms with E-state index in [9.17, 15) is 8.42 Å². The van der Waals surface area contributed by atoms with Crippen LogP contribution in [0.2, 0.25) is 15.1 Å². The number of anilines is 1. The number of piperazine rings is 1. The van der Waals surface area contributed by atoms with E-state index in [0.29, 0.717) is 41.2 Å². The lowest BCUT2D eigenvalue weighted by atomic mass is 10.3. The van der Waals surface area contributed by atoms with Gasteiger partial charge in [0.15, 0.2) is 12.4 Å². The summed E-state index contributed by atoms with van der Waals surface area (Å²) in [6.45, 7) is 1.74. The quantitative estimate of drug-likeness (QED) is 0.786. The van der Waals surface area contributed by atoms with Gasteiger partial charge in [-0.3, -0.25) is 0 Å². The Bertz CT molecular complexity index is 815. The Hall–Kier alpha value is -1.05. The maximum absolute atomic E-state index is 12.7. The number of aromatic nitrogens is 1. The average molecular weight is 408 g/mol. The fourth-order valence-electron chi connectivity index (χ4n) is 2.65. The molecular weight excluding hydrogens is 393 g/mol. The van der Waals surface area contributed by atoms with Crippen molar-refractivity contribution in [2.24, 2.45) is 0 Å². The van der Waals surface area contributed by atoms with E-state index in [0.717, 1.165) is 5.69 Å². The second-order valence-corrected chi connectivity index (χ2v) is 8.53. The first kappa shape index (κ1) is 17.8. The van der Waals surface area contributed by atoms with Crippen LogP contribution in [0.3, 0.4) is 0 Å². The molecule has 0 radical (unpaired) electrons. The highest BCUT2D eigenvalue weighted by Gasteiger charge is 2.30. The molecule has 9 heteroatoms. The van der Waals surface area contributed by atoms with E-state index >= 15 is 0 Å². The third kappa shape index (κ3) is 3.48. The van der Waals surface area contributed by atoms with Gasteiger partial charge < -0.3 is 4.90 Å². The van der Waals surface area contributed by atoms with Crippen molar-refractivity contribution in [1.82, 2.24) is 4.31 Å². The van der Waals surface area contributed by atoms with Crippen LogP contribution in [0.4, 0.5) is 5.69 Å². The summed E-state index contributed by atoms with van der Waals surface area (Å²) in [6.07, 6.45) is 3.30. The van der Waals surface area contributed by atoms with Crippen LogP contribution < -0.4 is 9.88 Å². The number of H-pyrrole nitrogens is 1. The Labute approximate surface area is 155 Å². The van der Waals surface area contributed by atoms with Crippen LogP contribution in [0.5, 0.6) is 0 Å². The van der Waals surface area contributed by atoms with Gasteiger partial charge in [0.2, 0.25) is 10.0 Å². The highest BCUT2D eigenvalue weighted by Crippen LogP contribution is 2.32. The summed E-state index contributed by atoms with van der Waals surface area (Å²) in [7, 11) is -3.53. The Morgan fingerprint density at radius 3 is 1.96 bits per heavy atom. The molecule has 5 nitrogen and oxygen atoms in total. The summed E-state index contributed by atoms with van der Waals surface area (Å²) in [5.74, 6) is 0. The molecule has 1 aliphatic heterocycles. The minimum Gasteiger partial charge on any atom is -0.366 e. The number of aromatic amines is 1. The number of nitrogens with one attached hydrogen (secondary N) is 1. The van der Waals surface area contributed by atoms with Gasteiger partial charge in [0.1, 0.15) is 10.0 Å². The zero-order valence-electron chi connectivity index (χ0n) is 12.5. The average Bonchev–Trinajstić information content (AvgIpc) is 2.55. The monoisotopic (exact) mass is 406 g/mol. The van der Waals surface area contributed by atoms with Gasteiger partial charge in [0.25, 0.3) is 0 Å². The molecular formula is C15H15Cl3N3O2S+. The highest BCUT2D eigenvalue weighted by atomic mass is 35.5. The number of rotatable bonds is 3. The topological polar surface area (TPSA) is 54.8 Å². The molecule has 128 valence electrons. The lowest BCUT2D eigenvalue weighted by Crippen LogP contribution is -2.48. The Balaban J connectivity index is 1.76. The number of benzene rings is 1. The minimum absolute atomic E-state index is 0.241. The van der Waals surface area contributed by atoms with Gasteiger partial charge in [-0.15, -0.1) is 0 Å². The molecule has 1 aromatic carbocycles. The van der Waals surface area contributed by atoms with Crippen LogP contribution in [0.15, 0.2) is 41.6 Å². The van der Waals surface area contributed by atoms with E-state index in [4.69, 9.17) is 34.8 Å². The summed E-state index contributed by atoms with van der Waals surface area (Å²) < 4.78 is 26.8. The van der Waals surface area contributed by atoms with Gasteiger partial charge in [-0.1, -0.05) is 34.8 Å². The maximum atomic E-state index is 12.7. The molecule has 1 aromatic heterocycles. The second kappa shape index (κ2) is 7.06. The largest absolute Gasteiger partial charge is 0.366 e. The van der Waals surface area contributed by atoms with Crippen molar-refractivity contribution in [3.63, 3.8) is 0 Å². The Morgan fingerprint density at radius 1 is 0.875 bits per heavy atom. The molecule has 3 rings (SSSR count). The van der Waals surface area contributed by atoms with Crippen LogP contribution in [0.1, 0.15) is 0 Å². The van der Waals surface area contributed by atoms with E-state index in [-0.39, 0.29) is 4.90 Å². The molecule has 0 saturated carbocycles. The first-order valence-corrected chi connectivity index (χ1v) is 9.83. The molecule has 1 fully saturated rings. The zero-order valence-corrected chi connectivity index (χ0v) is 15.6. The van der Waals surface area contributed by atoms with E-state index in [1.807, 2.05) is 4.90 Å². The first-order chi connectivity index (χ1) is 11.4. The van der Waals surface area contributed by atoms with Crippen LogP contribution in [0, 0.1) is 0 Å². The third-order valence-corrected chi connectivity index (χ3v) is 6.62. The van der Waals surface area contributed by atoms with Crippen molar-refractivity contribution >= 4 is 50.5 Å². The van der Waals surface area contributed by atoms with Gasteiger partial charge in [0.05, 0.1) is 10.6 Å². The van der Waals surface area contributed by atoms with Crippen molar-refractivity contribution in [3.05, 3.63) is 51.7 Å². The summed E-state index contributed by atoms with van der Waals surface area (Å²) in [5, 5.41) is 1.52. The van der Waals surface area contributed by atoms with Gasteiger partial charge in [0, 0.05) is 31.2 Å². The second-order valence-electron chi connectivity index (χ2n) is 5.34. The van der Waals surface area contributed by atoms with Gasteiger partial charge >= 0.3 is 0 Å². The Kier molecular flexibility index (Phi) is 5.22. The summed E-state index contributed by atoms with van der Waals surface area (Å²) >= 11 is 18.2. The molecule has 0 unspecified atom stereocenters. The standard InChI is InChI=1S/C15H14Cl3N3O2S/c16-11-1-3-12(4-2-11)24(22,23)21-7-5-20(6-8-21)15-13(17)9-19-10-14(15)18/h1-4,9-10H,5-8H2/p+1. The number of nitrogens with zero attached hydrogens (tertiary/aromatic N) is 2. The molecule has 2 aromatic rings. The predicted octanol–water partition coefficient (Wildman–Crippen LogP) is 2.97. The highest BCUT2D eigenvalue weighted by molar-refractivity contribution is 7.89. The molecule has 2 heterocycles. The minimum atomic E-state index is -3.53. The number of sulfonamides is 1. The SMILES string of the molecule is O=S(=O)(c1ccc(Cl)cc1)N1CCN(c2c(Cl)c[nH+]cc2Cl)CC1. The summed E-state index contributed by atoms with van der Waals surface area (Å²) in [4.78, 5) is 5.09. The normalized spacial score (nSPS) is 16.4. The number of halogens is 3. The van der Waals surface area contributed by atoms with Crippen molar-refractivity contribution < 1.29 is 13.4 Å². The van der Waals surface area contributed by atoms with Crippen LogP contribution in [-0.2, 0) is 10.0 Å². The fourth-order valence-corrected chi connectivity index (χ4v) is 4.81. The van der Waals surface area contributed by atoms with Crippen LogP contribution in [-0.4, -0.2) is 38.9 Å². The van der Waals surface area contributed by atoms with E-state index in [1.165, 1.54) is 16.4 Å². The molecule has 0 bridgehead atoms. The Morgan fingerprint density at radius 2 is 1.42 bits per heavy atom. The molecule has 24 heavy (non-hydrogen) atoms. The first-order valence-electron chi connectivity index (χ1n) is 7.25. The van der Waals surface area contributed by atoms with Crippen LogP contribution in [0.25, 0.3) is 0 Å². The van der Waals surface area contributed by atoms with Gasteiger partial charge in [-0.25, -0.2) is 13.4 Å². The number of hydrogen-bond acceptors (Lipinski definition) is 3. The lowest BCUT2D eigenvalue weighted by Gasteiger charge is -2.35. The maximum Gasteiger partial charge on any atom is 0.243 e. The van der Waals surface area contributed by atoms with Gasteiger partial charge in [-0.2, -0.15) is 4.31 Å². The smallest absolute Gasteiger partial charge is 0.243 e. The van der Waals surface area contributed by atoms with E-state index in [2.05, 4.69) is 4.98 Å². The zero-order chi connectivity index (χ0) is 17.3. The molecule has 0 amide bonds. The molecule has 0 spiro atoms. The van der Waals surface area contributed by atoms with Crippen molar-refractivity contribution in [1.29, 1.82) is 0 Å². The summed E-state index contributed by atoms with van der Waals surface area (Å²) in [6, 6.07) is 6.19. The number of pyridine rings is 1. The third-order valence-electron chi connectivity index (χ3n) is 3.88. The summed E-state index contributed by atoms with van der Waals surface area (Å²) in [5.41, 5.74) is 0.723. The van der Waals surface area contributed by atoms with Crippen LogP contribution >= 0.6 is 34.8 Å². The molecule has 0 atom stereocenters. The molecule has 1 aliphatic rings. The van der Waals surface area contributed by atoms with E-state index in [1.54, 1.807) is 24.5 Å². The fraction of sp³-hybridized carbons (Fsp3) is 0.267. The lowest BCUT2D eigenvalue weighted by molar-refractivity contribution is -0.377. The number of hydrogen-bond donors (Lipinski definition) is 0. The molecule has 1 N–H and O–H groups in total.